The van der Waals surface area contributed by atoms with Crippen molar-refractivity contribution in [2.45, 2.75) is 79.0 Å². The molecule has 35 heavy (non-hydrogen) atoms. The van der Waals surface area contributed by atoms with Gasteiger partial charge in [-0.25, -0.2) is 13.2 Å². The summed E-state index contributed by atoms with van der Waals surface area (Å²) in [5.74, 6) is -4.52. The Labute approximate surface area is 206 Å². The van der Waals surface area contributed by atoms with E-state index < -0.39 is 42.0 Å². The number of ether oxygens (including phenoxy) is 2. The van der Waals surface area contributed by atoms with Gasteiger partial charge in [0.25, 0.3) is 0 Å². The van der Waals surface area contributed by atoms with Crippen LogP contribution in [0.25, 0.3) is 0 Å². The van der Waals surface area contributed by atoms with Crippen LogP contribution >= 0.6 is 11.8 Å². The van der Waals surface area contributed by atoms with Gasteiger partial charge >= 0.3 is 12.3 Å². The maximum Gasteiger partial charge on any atom is 0.572 e. The summed E-state index contributed by atoms with van der Waals surface area (Å²) < 4.78 is 92.3. The van der Waals surface area contributed by atoms with E-state index in [2.05, 4.69) is 4.74 Å². The normalized spacial score (nSPS) is 18.6. The van der Waals surface area contributed by atoms with Gasteiger partial charge in [-0.05, 0) is 61.2 Å². The third-order valence-corrected chi connectivity index (χ3v) is 7.06. The fourth-order valence-corrected chi connectivity index (χ4v) is 5.23. The molecule has 0 N–H and O–H groups in total. The lowest BCUT2D eigenvalue weighted by Crippen LogP contribution is -2.18. The predicted octanol–water partition coefficient (Wildman–Crippen LogP) is 8.75. The van der Waals surface area contributed by atoms with E-state index in [4.69, 9.17) is 4.74 Å². The van der Waals surface area contributed by atoms with Crippen LogP contribution in [-0.2, 0) is 14.3 Å². The Morgan fingerprint density at radius 3 is 2.20 bits per heavy atom. The molecule has 1 atom stereocenters. The molecule has 1 unspecified atom stereocenters. The van der Waals surface area contributed by atoms with E-state index in [1.54, 1.807) is 6.92 Å². The second-order valence-corrected chi connectivity index (χ2v) is 10.1. The van der Waals surface area contributed by atoms with E-state index in [0.29, 0.717) is 17.9 Å². The average molecular weight is 527 g/mol. The van der Waals surface area contributed by atoms with Crippen LogP contribution in [0.1, 0.15) is 72.6 Å². The van der Waals surface area contributed by atoms with Gasteiger partial charge in [0.05, 0.1) is 17.9 Å². The maximum atomic E-state index is 15.2. The molecule has 3 nitrogen and oxygen atoms in total. The smallest absolute Gasteiger partial charge is 0.466 e. The number of rotatable bonds is 11. The highest BCUT2D eigenvalue weighted by molar-refractivity contribution is 8.03. The van der Waals surface area contributed by atoms with E-state index in [1.165, 1.54) is 0 Å². The summed E-state index contributed by atoms with van der Waals surface area (Å²) in [6.45, 7) is 7.71. The quantitative estimate of drug-likeness (QED) is 0.199. The van der Waals surface area contributed by atoms with Crippen molar-refractivity contribution >= 4 is 17.7 Å². The van der Waals surface area contributed by atoms with Crippen LogP contribution in [0.3, 0.4) is 0 Å². The molecule has 2 aliphatic carbocycles. The lowest BCUT2D eigenvalue weighted by molar-refractivity contribution is -0.307. The van der Waals surface area contributed by atoms with Gasteiger partial charge in [0.15, 0.2) is 17.5 Å². The van der Waals surface area contributed by atoms with Crippen LogP contribution in [0.4, 0.5) is 26.3 Å². The zero-order valence-electron chi connectivity index (χ0n) is 20.4. The zero-order chi connectivity index (χ0) is 26.3. The predicted molar refractivity (Wildman–Crippen MR) is 124 cm³/mol. The van der Waals surface area contributed by atoms with E-state index >= 15 is 13.2 Å². The topological polar surface area (TPSA) is 35.5 Å². The summed E-state index contributed by atoms with van der Waals surface area (Å²) in [7, 11) is 0. The molecule has 0 saturated carbocycles. The van der Waals surface area contributed by atoms with Crippen molar-refractivity contribution in [3.05, 3.63) is 44.9 Å². The van der Waals surface area contributed by atoms with Crippen molar-refractivity contribution in [3.63, 3.8) is 0 Å². The minimum Gasteiger partial charge on any atom is -0.466 e. The molecular formula is C25H32F6O3S. The maximum absolute atomic E-state index is 15.2. The number of alkyl halides is 3. The fourth-order valence-electron chi connectivity index (χ4n) is 4.12. The molecule has 0 heterocycles. The van der Waals surface area contributed by atoms with Crippen molar-refractivity contribution in [2.75, 3.05) is 12.4 Å². The number of carbonyl (C=O) groups is 1. The van der Waals surface area contributed by atoms with Gasteiger partial charge in [-0.1, -0.05) is 27.2 Å². The largest absolute Gasteiger partial charge is 0.572 e. The van der Waals surface area contributed by atoms with E-state index in [1.807, 2.05) is 20.8 Å². The fraction of sp³-hybridized carbons (Fsp3) is 0.640. The minimum absolute atomic E-state index is 0.00487. The first-order chi connectivity index (χ1) is 16.4. The third kappa shape index (κ3) is 8.36. The molecule has 2 aliphatic rings. The molecule has 0 saturated heterocycles. The van der Waals surface area contributed by atoms with Crippen LogP contribution in [-0.4, -0.2) is 24.7 Å². The number of allylic oxidation sites excluding steroid dienone is 7. The molecule has 0 fully saturated rings. The second-order valence-electron chi connectivity index (χ2n) is 9.00. The minimum atomic E-state index is -5.09. The summed E-state index contributed by atoms with van der Waals surface area (Å²) in [6.07, 6.45) is -3.87. The number of halogens is 6. The summed E-state index contributed by atoms with van der Waals surface area (Å²) in [5.41, 5.74) is 0.450. The lowest BCUT2D eigenvalue weighted by atomic mass is 9.82. The van der Waals surface area contributed by atoms with Crippen LogP contribution < -0.4 is 0 Å². The first kappa shape index (κ1) is 29.4. The van der Waals surface area contributed by atoms with Gasteiger partial charge in [0, 0.05) is 12.2 Å². The Balaban J connectivity index is 2.42. The number of thioether (sulfide) groups is 1. The van der Waals surface area contributed by atoms with Crippen molar-refractivity contribution in [3.8, 4) is 0 Å². The Hall–Kier alpha value is -1.84. The first-order valence-corrected chi connectivity index (χ1v) is 12.8. The highest BCUT2D eigenvalue weighted by Gasteiger charge is 2.37. The molecule has 0 aromatic heterocycles. The van der Waals surface area contributed by atoms with Gasteiger partial charge in [0.2, 0.25) is 0 Å². The molecule has 2 rings (SSSR count). The molecule has 0 radical (unpaired) electrons. The standard InChI is InChI=1S/C25H32F6O3S/c1-5-33-20(32)12-13-35-24-18(10-11-19(23(24)28)34-25(29,30)31)17-9-8-16(21(26)22(17)27)15(4)7-6-14(2)3/h14-15H,5-13H2,1-4H3. The second kappa shape index (κ2) is 12.9. The molecule has 0 bridgehead atoms. The number of carbonyl (C=O) groups excluding carboxylic acids is 1. The number of hydrogen-bond acceptors (Lipinski definition) is 4. The Morgan fingerprint density at radius 1 is 0.943 bits per heavy atom. The molecule has 0 spiro atoms. The summed E-state index contributed by atoms with van der Waals surface area (Å²) in [4.78, 5) is 11.4. The van der Waals surface area contributed by atoms with Crippen molar-refractivity contribution < 1.29 is 40.6 Å². The molecule has 10 heteroatoms. The van der Waals surface area contributed by atoms with Crippen molar-refractivity contribution in [1.29, 1.82) is 0 Å². The molecule has 0 aromatic carbocycles. The van der Waals surface area contributed by atoms with E-state index in [9.17, 15) is 18.0 Å². The average Bonchev–Trinajstić information content (AvgIpc) is 2.76. The lowest BCUT2D eigenvalue weighted by Gasteiger charge is -2.28. The highest BCUT2D eigenvalue weighted by Crippen LogP contribution is 2.48. The Morgan fingerprint density at radius 2 is 1.60 bits per heavy atom. The molecular weight excluding hydrogens is 494 g/mol. The van der Waals surface area contributed by atoms with Gasteiger partial charge in [0.1, 0.15) is 5.76 Å². The van der Waals surface area contributed by atoms with Gasteiger partial charge in [-0.15, -0.1) is 24.9 Å². The van der Waals surface area contributed by atoms with Crippen molar-refractivity contribution in [1.82, 2.24) is 0 Å². The molecule has 198 valence electrons. The third-order valence-electron chi connectivity index (χ3n) is 5.94. The van der Waals surface area contributed by atoms with E-state index in [0.717, 1.165) is 18.2 Å². The monoisotopic (exact) mass is 526 g/mol. The first-order valence-electron chi connectivity index (χ1n) is 11.8. The van der Waals surface area contributed by atoms with Gasteiger partial charge in [-0.2, -0.15) is 0 Å². The van der Waals surface area contributed by atoms with Crippen LogP contribution in [0.15, 0.2) is 44.9 Å². The Kier molecular flexibility index (Phi) is 10.9. The summed E-state index contributed by atoms with van der Waals surface area (Å²) in [6, 6.07) is 0. The summed E-state index contributed by atoms with van der Waals surface area (Å²) >= 11 is 0.772. The van der Waals surface area contributed by atoms with Gasteiger partial charge in [-0.3, -0.25) is 4.79 Å². The van der Waals surface area contributed by atoms with E-state index in [-0.39, 0.29) is 60.0 Å². The zero-order valence-corrected chi connectivity index (χ0v) is 21.2. The van der Waals surface area contributed by atoms with Crippen LogP contribution in [0, 0.1) is 11.8 Å². The number of hydrogen-bond donors (Lipinski definition) is 0. The molecule has 0 aromatic rings. The number of esters is 1. The SMILES string of the molecule is CCOC(=O)CCSC1=C(C2=C(F)C(F)=C(C(C)CCC(C)C)CC2)CCC(OC(F)(F)F)=C1F. The highest BCUT2D eigenvalue weighted by atomic mass is 32.2. The molecule has 0 amide bonds. The van der Waals surface area contributed by atoms with Crippen LogP contribution in [0.2, 0.25) is 0 Å². The van der Waals surface area contributed by atoms with Crippen molar-refractivity contribution in [2.24, 2.45) is 11.8 Å². The molecule has 0 aliphatic heterocycles. The van der Waals surface area contributed by atoms with Gasteiger partial charge < -0.3 is 9.47 Å². The summed E-state index contributed by atoms with van der Waals surface area (Å²) in [5, 5.41) is 0. The van der Waals surface area contributed by atoms with Crippen LogP contribution in [0.5, 0.6) is 0 Å². The Bertz CT molecular complexity index is 915.